The first-order chi connectivity index (χ1) is 6.72. The van der Waals surface area contributed by atoms with Crippen molar-refractivity contribution in [3.8, 4) is 5.75 Å². The number of hydrogen-bond donors (Lipinski definition) is 1. The van der Waals surface area contributed by atoms with Crippen LogP contribution in [0.15, 0.2) is 0 Å². The SMILES string of the molecule is CCCc1nc(C)c(OC)c(NC)n1. The molecule has 0 aromatic carbocycles. The van der Waals surface area contributed by atoms with Gasteiger partial charge in [-0.25, -0.2) is 9.97 Å². The quantitative estimate of drug-likeness (QED) is 0.795. The van der Waals surface area contributed by atoms with E-state index in [-0.39, 0.29) is 0 Å². The second-order valence-corrected chi connectivity index (χ2v) is 3.11. The molecular weight excluding hydrogens is 178 g/mol. The van der Waals surface area contributed by atoms with Crippen molar-refractivity contribution in [2.24, 2.45) is 0 Å². The fourth-order valence-corrected chi connectivity index (χ4v) is 1.37. The van der Waals surface area contributed by atoms with Crippen LogP contribution in [0.1, 0.15) is 24.9 Å². The zero-order valence-corrected chi connectivity index (χ0v) is 9.22. The molecule has 78 valence electrons. The Hall–Kier alpha value is -1.32. The molecule has 1 N–H and O–H groups in total. The summed E-state index contributed by atoms with van der Waals surface area (Å²) in [6.45, 7) is 4.04. The molecule has 0 saturated carbocycles. The number of hydrogen-bond acceptors (Lipinski definition) is 4. The molecule has 0 bridgehead atoms. The lowest BCUT2D eigenvalue weighted by Gasteiger charge is -2.10. The maximum absolute atomic E-state index is 5.21. The summed E-state index contributed by atoms with van der Waals surface area (Å²) in [7, 11) is 3.46. The molecule has 0 aliphatic carbocycles. The van der Waals surface area contributed by atoms with Gasteiger partial charge in [-0.2, -0.15) is 0 Å². The Balaban J connectivity index is 3.10. The Bertz CT molecular complexity index is 312. The van der Waals surface area contributed by atoms with E-state index in [0.29, 0.717) is 0 Å². The van der Waals surface area contributed by atoms with E-state index >= 15 is 0 Å². The molecule has 0 aliphatic heterocycles. The molecule has 1 heterocycles. The standard InChI is InChI=1S/C10H17N3O/c1-5-6-8-12-7(2)9(14-4)10(11-3)13-8/h5-6H2,1-4H3,(H,11,12,13). The predicted octanol–water partition coefficient (Wildman–Crippen LogP) is 1.79. The van der Waals surface area contributed by atoms with Crippen molar-refractivity contribution in [3.05, 3.63) is 11.5 Å². The van der Waals surface area contributed by atoms with Gasteiger partial charge in [-0.1, -0.05) is 6.92 Å². The van der Waals surface area contributed by atoms with Crippen LogP contribution in [0.2, 0.25) is 0 Å². The number of anilines is 1. The van der Waals surface area contributed by atoms with Crippen molar-refractivity contribution in [2.75, 3.05) is 19.5 Å². The zero-order valence-electron chi connectivity index (χ0n) is 9.22. The van der Waals surface area contributed by atoms with E-state index in [1.165, 1.54) is 0 Å². The number of nitrogens with one attached hydrogen (secondary N) is 1. The first-order valence-corrected chi connectivity index (χ1v) is 4.82. The Morgan fingerprint density at radius 2 is 2.07 bits per heavy atom. The van der Waals surface area contributed by atoms with Gasteiger partial charge in [-0.05, 0) is 13.3 Å². The van der Waals surface area contributed by atoms with Crippen LogP contribution in [-0.4, -0.2) is 24.1 Å². The van der Waals surface area contributed by atoms with E-state index in [1.54, 1.807) is 7.11 Å². The van der Waals surface area contributed by atoms with Crippen LogP contribution in [0.25, 0.3) is 0 Å². The molecule has 4 nitrogen and oxygen atoms in total. The Morgan fingerprint density at radius 3 is 2.57 bits per heavy atom. The minimum absolute atomic E-state index is 0.729. The lowest BCUT2D eigenvalue weighted by molar-refractivity contribution is 0.408. The molecule has 0 amide bonds. The molecule has 1 aromatic rings. The molecule has 4 heteroatoms. The maximum atomic E-state index is 5.21. The maximum Gasteiger partial charge on any atom is 0.182 e. The van der Waals surface area contributed by atoms with E-state index in [2.05, 4.69) is 22.2 Å². The topological polar surface area (TPSA) is 47.0 Å². The third-order valence-electron chi connectivity index (χ3n) is 2.00. The molecule has 0 spiro atoms. The summed E-state index contributed by atoms with van der Waals surface area (Å²) < 4.78 is 5.21. The number of rotatable bonds is 4. The van der Waals surface area contributed by atoms with Gasteiger partial charge in [-0.3, -0.25) is 0 Å². The summed E-state index contributed by atoms with van der Waals surface area (Å²) in [4.78, 5) is 8.73. The van der Waals surface area contributed by atoms with Crippen LogP contribution < -0.4 is 10.1 Å². The highest BCUT2D eigenvalue weighted by molar-refractivity contribution is 5.51. The van der Waals surface area contributed by atoms with Crippen molar-refractivity contribution < 1.29 is 4.74 Å². The van der Waals surface area contributed by atoms with Gasteiger partial charge in [0, 0.05) is 13.5 Å². The summed E-state index contributed by atoms with van der Waals surface area (Å²) in [6, 6.07) is 0. The molecule has 0 unspecified atom stereocenters. The fraction of sp³-hybridized carbons (Fsp3) is 0.600. The third kappa shape index (κ3) is 2.13. The zero-order chi connectivity index (χ0) is 10.6. The molecule has 1 rings (SSSR count). The summed E-state index contributed by atoms with van der Waals surface area (Å²) >= 11 is 0. The van der Waals surface area contributed by atoms with E-state index in [9.17, 15) is 0 Å². The molecular formula is C10H17N3O. The van der Waals surface area contributed by atoms with Crippen LogP contribution in [0, 0.1) is 6.92 Å². The van der Waals surface area contributed by atoms with Gasteiger partial charge in [0.1, 0.15) is 5.82 Å². The van der Waals surface area contributed by atoms with E-state index in [1.807, 2.05) is 14.0 Å². The lowest BCUT2D eigenvalue weighted by atomic mass is 10.3. The first-order valence-electron chi connectivity index (χ1n) is 4.82. The van der Waals surface area contributed by atoms with Crippen LogP contribution in [0.4, 0.5) is 5.82 Å². The van der Waals surface area contributed by atoms with Gasteiger partial charge in [0.05, 0.1) is 12.8 Å². The van der Waals surface area contributed by atoms with E-state index in [4.69, 9.17) is 4.74 Å². The smallest absolute Gasteiger partial charge is 0.182 e. The molecule has 14 heavy (non-hydrogen) atoms. The number of methoxy groups -OCH3 is 1. The first kappa shape index (κ1) is 10.8. The van der Waals surface area contributed by atoms with E-state index < -0.39 is 0 Å². The highest BCUT2D eigenvalue weighted by Crippen LogP contribution is 2.24. The summed E-state index contributed by atoms with van der Waals surface area (Å²) in [5, 5.41) is 3.01. The van der Waals surface area contributed by atoms with E-state index in [0.717, 1.165) is 35.9 Å². The summed E-state index contributed by atoms with van der Waals surface area (Å²) in [5.41, 5.74) is 0.885. The second-order valence-electron chi connectivity index (χ2n) is 3.11. The highest BCUT2D eigenvalue weighted by atomic mass is 16.5. The minimum atomic E-state index is 0.729. The Labute approximate surface area is 84.7 Å². The van der Waals surface area contributed by atoms with Crippen LogP contribution in [-0.2, 0) is 6.42 Å². The van der Waals surface area contributed by atoms with Gasteiger partial charge in [-0.15, -0.1) is 0 Å². The van der Waals surface area contributed by atoms with Crippen LogP contribution >= 0.6 is 0 Å². The number of nitrogens with zero attached hydrogens (tertiary/aromatic N) is 2. The van der Waals surface area contributed by atoms with Crippen molar-refractivity contribution in [3.63, 3.8) is 0 Å². The van der Waals surface area contributed by atoms with Crippen molar-refractivity contribution in [2.45, 2.75) is 26.7 Å². The monoisotopic (exact) mass is 195 g/mol. The van der Waals surface area contributed by atoms with Gasteiger partial charge in [0.15, 0.2) is 11.6 Å². The molecule has 0 atom stereocenters. The molecule has 0 radical (unpaired) electrons. The number of ether oxygens (including phenoxy) is 1. The average molecular weight is 195 g/mol. The fourth-order valence-electron chi connectivity index (χ4n) is 1.37. The van der Waals surface area contributed by atoms with Crippen molar-refractivity contribution in [1.29, 1.82) is 0 Å². The summed E-state index contributed by atoms with van der Waals surface area (Å²) in [5.74, 6) is 2.37. The largest absolute Gasteiger partial charge is 0.491 e. The minimum Gasteiger partial charge on any atom is -0.491 e. The normalized spacial score (nSPS) is 10.0. The Morgan fingerprint density at radius 1 is 1.36 bits per heavy atom. The Kier molecular flexibility index (Phi) is 3.68. The highest BCUT2D eigenvalue weighted by Gasteiger charge is 2.09. The molecule has 0 aliphatic rings. The van der Waals surface area contributed by atoms with Gasteiger partial charge in [0.2, 0.25) is 0 Å². The summed E-state index contributed by atoms with van der Waals surface area (Å²) in [6.07, 6.45) is 1.95. The van der Waals surface area contributed by atoms with Crippen LogP contribution in [0.3, 0.4) is 0 Å². The van der Waals surface area contributed by atoms with Gasteiger partial charge < -0.3 is 10.1 Å². The second kappa shape index (κ2) is 4.79. The average Bonchev–Trinajstić information content (AvgIpc) is 2.17. The lowest BCUT2D eigenvalue weighted by Crippen LogP contribution is -2.05. The van der Waals surface area contributed by atoms with Crippen LogP contribution in [0.5, 0.6) is 5.75 Å². The number of aryl methyl sites for hydroxylation is 2. The van der Waals surface area contributed by atoms with Gasteiger partial charge in [0.25, 0.3) is 0 Å². The molecule has 1 aromatic heterocycles. The molecule has 0 fully saturated rings. The molecule has 0 saturated heterocycles. The van der Waals surface area contributed by atoms with Gasteiger partial charge >= 0.3 is 0 Å². The predicted molar refractivity (Wildman–Crippen MR) is 56.9 cm³/mol. The third-order valence-corrected chi connectivity index (χ3v) is 2.00. The van der Waals surface area contributed by atoms with Crippen molar-refractivity contribution in [1.82, 2.24) is 9.97 Å². The van der Waals surface area contributed by atoms with Crippen molar-refractivity contribution >= 4 is 5.82 Å². The number of aromatic nitrogens is 2.